The summed E-state index contributed by atoms with van der Waals surface area (Å²) in [5, 5.41) is 13.7. The van der Waals surface area contributed by atoms with Gasteiger partial charge in [0.15, 0.2) is 0 Å². The van der Waals surface area contributed by atoms with Crippen LogP contribution in [0, 0.1) is 11.7 Å². The predicted octanol–water partition coefficient (Wildman–Crippen LogP) is 3.02. The number of nitrogen functional groups attached to an aromatic ring is 1. The zero-order valence-corrected chi connectivity index (χ0v) is 14.6. The number of benzene rings is 1. The molecule has 2 aromatic rings. The Hall–Kier alpha value is -2.21. The maximum atomic E-state index is 13.6. The lowest BCUT2D eigenvalue weighted by Crippen LogP contribution is -2.41. The molecule has 5 nitrogen and oxygen atoms in total. The van der Waals surface area contributed by atoms with E-state index < -0.39 is 11.4 Å². The zero-order valence-electron chi connectivity index (χ0n) is 14.6. The molecule has 1 aromatic carbocycles. The molecule has 1 aromatic heterocycles. The maximum absolute atomic E-state index is 13.6. The molecule has 4 N–H and O–H groups in total. The fraction of sp³-hybridized carbons (Fsp3) is 0.474. The van der Waals surface area contributed by atoms with Crippen LogP contribution in [0.5, 0.6) is 0 Å². The summed E-state index contributed by atoms with van der Waals surface area (Å²) in [5.74, 6) is -0.466. The molecule has 0 aliphatic heterocycles. The summed E-state index contributed by atoms with van der Waals surface area (Å²) in [7, 11) is 0. The van der Waals surface area contributed by atoms with Gasteiger partial charge in [-0.3, -0.25) is 9.78 Å². The molecule has 3 rings (SSSR count). The second-order valence-electron chi connectivity index (χ2n) is 7.47. The number of halogens is 1. The lowest BCUT2D eigenvalue weighted by molar-refractivity contribution is -0.00257. The van der Waals surface area contributed by atoms with Crippen LogP contribution in [0.4, 0.5) is 10.1 Å². The number of hydrogen-bond donors (Lipinski definition) is 3. The van der Waals surface area contributed by atoms with Crippen LogP contribution >= 0.6 is 0 Å². The molecule has 1 aliphatic rings. The summed E-state index contributed by atoms with van der Waals surface area (Å²) in [4.78, 5) is 16.7. The number of hydrogen-bond acceptors (Lipinski definition) is 4. The first kappa shape index (κ1) is 17.6. The highest BCUT2D eigenvalue weighted by atomic mass is 19.1. The van der Waals surface area contributed by atoms with E-state index in [1.54, 1.807) is 6.07 Å². The molecule has 1 amide bonds. The molecule has 1 fully saturated rings. The highest BCUT2D eigenvalue weighted by Crippen LogP contribution is 2.32. The number of carbonyl (C=O) groups excluding carboxylic acids is 1. The van der Waals surface area contributed by atoms with Crippen LogP contribution in [0.3, 0.4) is 0 Å². The van der Waals surface area contributed by atoms with Gasteiger partial charge >= 0.3 is 0 Å². The number of aliphatic hydroxyl groups is 1. The van der Waals surface area contributed by atoms with Crippen molar-refractivity contribution >= 4 is 22.5 Å². The van der Waals surface area contributed by atoms with E-state index in [2.05, 4.69) is 10.3 Å². The number of amides is 1. The van der Waals surface area contributed by atoms with E-state index >= 15 is 0 Å². The van der Waals surface area contributed by atoms with Gasteiger partial charge in [-0.1, -0.05) is 0 Å². The van der Waals surface area contributed by atoms with Crippen molar-refractivity contribution in [2.24, 2.45) is 5.92 Å². The van der Waals surface area contributed by atoms with E-state index in [4.69, 9.17) is 5.73 Å². The quantitative estimate of drug-likeness (QED) is 0.746. The van der Waals surface area contributed by atoms with Gasteiger partial charge in [0, 0.05) is 17.6 Å². The standard InChI is InChI=1S/C19H24FN3O2/c1-19(2,25)13-3-5-14(6-4-13)23-18(24)12-7-11-8-15(20)16(21)9-17(11)22-10-12/h7-10,13-14,25H,3-6,21H2,1-2H3,(H,23,24). The summed E-state index contributed by atoms with van der Waals surface area (Å²) >= 11 is 0. The Kier molecular flexibility index (Phi) is 4.64. The van der Waals surface area contributed by atoms with Gasteiger partial charge in [0.1, 0.15) is 5.82 Å². The van der Waals surface area contributed by atoms with Crippen molar-refractivity contribution in [3.8, 4) is 0 Å². The smallest absolute Gasteiger partial charge is 0.253 e. The largest absolute Gasteiger partial charge is 0.396 e. The van der Waals surface area contributed by atoms with E-state index in [1.165, 1.54) is 18.3 Å². The maximum Gasteiger partial charge on any atom is 0.253 e. The van der Waals surface area contributed by atoms with E-state index in [0.29, 0.717) is 16.5 Å². The number of carbonyl (C=O) groups is 1. The Morgan fingerprint density at radius 1 is 1.28 bits per heavy atom. The molecule has 1 aliphatic carbocycles. The SMILES string of the molecule is CC(C)(O)C1CCC(NC(=O)c2cnc3cc(N)c(F)cc3c2)CC1. The number of aromatic nitrogens is 1. The molecular weight excluding hydrogens is 321 g/mol. The first-order valence-corrected chi connectivity index (χ1v) is 8.62. The summed E-state index contributed by atoms with van der Waals surface area (Å²) in [6.45, 7) is 3.67. The van der Waals surface area contributed by atoms with Crippen molar-refractivity contribution in [2.75, 3.05) is 5.73 Å². The van der Waals surface area contributed by atoms with Crippen molar-refractivity contribution in [1.82, 2.24) is 10.3 Å². The molecule has 1 heterocycles. The second kappa shape index (κ2) is 6.59. The van der Waals surface area contributed by atoms with E-state index in [9.17, 15) is 14.3 Å². The van der Waals surface area contributed by atoms with E-state index in [0.717, 1.165) is 25.7 Å². The lowest BCUT2D eigenvalue weighted by Gasteiger charge is -2.36. The number of nitrogens with zero attached hydrogens (tertiary/aromatic N) is 1. The lowest BCUT2D eigenvalue weighted by atomic mass is 9.77. The van der Waals surface area contributed by atoms with Gasteiger partial charge < -0.3 is 16.2 Å². The Bertz CT molecular complexity index is 793. The number of anilines is 1. The summed E-state index contributed by atoms with van der Waals surface area (Å²) in [5.41, 5.74) is 5.86. The molecule has 1 saturated carbocycles. The van der Waals surface area contributed by atoms with Crippen molar-refractivity contribution in [1.29, 1.82) is 0 Å². The Balaban J connectivity index is 1.68. The average molecular weight is 345 g/mol. The van der Waals surface area contributed by atoms with Crippen LogP contribution in [0.15, 0.2) is 24.4 Å². The zero-order chi connectivity index (χ0) is 18.2. The third-order valence-corrected chi connectivity index (χ3v) is 5.12. The van der Waals surface area contributed by atoms with Crippen LogP contribution in [0.2, 0.25) is 0 Å². The number of nitrogens with one attached hydrogen (secondary N) is 1. The monoisotopic (exact) mass is 345 g/mol. The topological polar surface area (TPSA) is 88.2 Å². The molecule has 6 heteroatoms. The first-order chi connectivity index (χ1) is 11.7. The summed E-state index contributed by atoms with van der Waals surface area (Å²) < 4.78 is 13.6. The molecule has 0 unspecified atom stereocenters. The molecule has 0 spiro atoms. The Labute approximate surface area is 146 Å². The highest BCUT2D eigenvalue weighted by molar-refractivity contribution is 5.97. The van der Waals surface area contributed by atoms with E-state index in [1.807, 2.05) is 13.8 Å². The Morgan fingerprint density at radius 3 is 2.60 bits per heavy atom. The minimum atomic E-state index is -0.677. The van der Waals surface area contributed by atoms with Gasteiger partial charge in [-0.2, -0.15) is 0 Å². The van der Waals surface area contributed by atoms with Crippen molar-refractivity contribution in [2.45, 2.75) is 51.2 Å². The van der Waals surface area contributed by atoms with Gasteiger partial charge in [-0.15, -0.1) is 0 Å². The van der Waals surface area contributed by atoms with Crippen LogP contribution in [-0.4, -0.2) is 27.6 Å². The third-order valence-electron chi connectivity index (χ3n) is 5.12. The molecule has 134 valence electrons. The van der Waals surface area contributed by atoms with Crippen LogP contribution in [0.1, 0.15) is 49.9 Å². The molecule has 0 radical (unpaired) electrons. The van der Waals surface area contributed by atoms with Gasteiger partial charge in [0.05, 0.1) is 22.4 Å². The van der Waals surface area contributed by atoms with Gasteiger partial charge in [-0.25, -0.2) is 4.39 Å². The van der Waals surface area contributed by atoms with E-state index in [-0.39, 0.29) is 23.6 Å². The summed E-state index contributed by atoms with van der Waals surface area (Å²) in [6.07, 6.45) is 4.93. The van der Waals surface area contributed by atoms with Gasteiger partial charge in [0.25, 0.3) is 5.91 Å². The highest BCUT2D eigenvalue weighted by Gasteiger charge is 2.31. The molecule has 0 saturated heterocycles. The van der Waals surface area contributed by atoms with Crippen molar-refractivity contribution < 1.29 is 14.3 Å². The predicted molar refractivity (Wildman–Crippen MR) is 95.6 cm³/mol. The van der Waals surface area contributed by atoms with Gasteiger partial charge in [-0.05, 0) is 63.6 Å². The first-order valence-electron chi connectivity index (χ1n) is 8.62. The fourth-order valence-electron chi connectivity index (χ4n) is 3.50. The number of rotatable bonds is 3. The summed E-state index contributed by atoms with van der Waals surface area (Å²) in [6, 6.07) is 4.47. The number of nitrogens with two attached hydrogens (primary N) is 1. The van der Waals surface area contributed by atoms with Crippen molar-refractivity contribution in [3.63, 3.8) is 0 Å². The van der Waals surface area contributed by atoms with Crippen LogP contribution < -0.4 is 11.1 Å². The number of pyridine rings is 1. The minimum Gasteiger partial charge on any atom is -0.396 e. The number of fused-ring (bicyclic) bond motifs is 1. The molecule has 25 heavy (non-hydrogen) atoms. The average Bonchev–Trinajstić information content (AvgIpc) is 2.55. The normalized spacial score (nSPS) is 21.3. The van der Waals surface area contributed by atoms with Gasteiger partial charge in [0.2, 0.25) is 0 Å². The second-order valence-corrected chi connectivity index (χ2v) is 7.47. The molecule has 0 atom stereocenters. The van der Waals surface area contributed by atoms with Crippen LogP contribution in [-0.2, 0) is 0 Å². The van der Waals surface area contributed by atoms with Crippen LogP contribution in [0.25, 0.3) is 10.9 Å². The Morgan fingerprint density at radius 2 is 1.96 bits per heavy atom. The molecule has 0 bridgehead atoms. The fourth-order valence-corrected chi connectivity index (χ4v) is 3.50. The third kappa shape index (κ3) is 3.90. The van der Waals surface area contributed by atoms with Crippen molar-refractivity contribution in [3.05, 3.63) is 35.8 Å². The minimum absolute atomic E-state index is 0.0424. The molecular formula is C19H24FN3O2.